The molecule has 0 fully saturated rings. The minimum Gasteiger partial charge on any atom is -0.363 e. The molecule has 0 bridgehead atoms. The van der Waals surface area contributed by atoms with Gasteiger partial charge in [0.1, 0.15) is 5.82 Å². The first-order chi connectivity index (χ1) is 11.6. The first-order valence-corrected chi connectivity index (χ1v) is 8.74. The molecule has 3 aromatic rings. The summed E-state index contributed by atoms with van der Waals surface area (Å²) in [6, 6.07) is 9.59. The highest BCUT2D eigenvalue weighted by Crippen LogP contribution is 2.20. The van der Waals surface area contributed by atoms with Gasteiger partial charge in [0, 0.05) is 33.0 Å². The van der Waals surface area contributed by atoms with E-state index in [2.05, 4.69) is 15.3 Å². The van der Waals surface area contributed by atoms with Gasteiger partial charge in [-0.25, -0.2) is 9.97 Å². The molecule has 0 atom stereocenters. The summed E-state index contributed by atoms with van der Waals surface area (Å²) in [6.07, 6.45) is 5.61. The summed E-state index contributed by atoms with van der Waals surface area (Å²) in [5.41, 5.74) is 2.25. The lowest BCUT2D eigenvalue weighted by Gasteiger charge is -2.12. The highest BCUT2D eigenvalue weighted by Gasteiger charge is 2.16. The normalized spacial score (nSPS) is 10.8. The second kappa shape index (κ2) is 6.92. The molecule has 0 aliphatic heterocycles. The predicted molar refractivity (Wildman–Crippen MR) is 96.7 cm³/mol. The molecule has 6 nitrogen and oxygen atoms in total. The molecule has 24 heavy (non-hydrogen) atoms. The molecule has 3 rings (SSSR count). The Labute approximate surface area is 144 Å². The van der Waals surface area contributed by atoms with Gasteiger partial charge >= 0.3 is 0 Å². The maximum Gasteiger partial charge on any atom is 0.272 e. The summed E-state index contributed by atoms with van der Waals surface area (Å²) in [5.74, 6) is 0.682. The average molecular weight is 341 g/mol. The van der Waals surface area contributed by atoms with Crippen LogP contribution in [0.2, 0.25) is 0 Å². The van der Waals surface area contributed by atoms with E-state index in [0.717, 1.165) is 22.1 Å². The van der Waals surface area contributed by atoms with E-state index in [0.29, 0.717) is 12.2 Å². The molecule has 0 aliphatic rings. The Kier molecular flexibility index (Phi) is 4.71. The molecular weight excluding hydrogens is 322 g/mol. The molecule has 1 N–H and O–H groups in total. The third kappa shape index (κ3) is 3.21. The number of anilines is 1. The van der Waals surface area contributed by atoms with Gasteiger partial charge in [-0.15, -0.1) is 0 Å². The Balaban J connectivity index is 1.80. The van der Waals surface area contributed by atoms with Gasteiger partial charge in [-0.1, -0.05) is 17.8 Å². The monoisotopic (exact) mass is 341 g/mol. The van der Waals surface area contributed by atoms with Gasteiger partial charge in [0.05, 0.1) is 5.52 Å². The highest BCUT2D eigenvalue weighted by molar-refractivity contribution is 7.98. The van der Waals surface area contributed by atoms with Crippen LogP contribution in [-0.4, -0.2) is 40.6 Å². The van der Waals surface area contributed by atoms with Crippen molar-refractivity contribution in [2.75, 3.05) is 25.3 Å². The summed E-state index contributed by atoms with van der Waals surface area (Å²) in [7, 11) is 3.87. The number of thioether (sulfide) groups is 1. The zero-order chi connectivity index (χ0) is 17.1. The average Bonchev–Trinajstić information content (AvgIpc) is 2.99. The van der Waals surface area contributed by atoms with Crippen LogP contribution in [0.4, 0.5) is 5.82 Å². The van der Waals surface area contributed by atoms with Crippen molar-refractivity contribution in [1.82, 2.24) is 19.7 Å². The van der Waals surface area contributed by atoms with Crippen molar-refractivity contribution in [3.63, 3.8) is 0 Å². The number of imidazole rings is 1. The zero-order valence-corrected chi connectivity index (χ0v) is 14.7. The first kappa shape index (κ1) is 16.3. The first-order valence-electron chi connectivity index (χ1n) is 7.51. The number of hydrogen-bond donors (Lipinski definition) is 1. The third-order valence-electron chi connectivity index (χ3n) is 3.63. The van der Waals surface area contributed by atoms with E-state index in [9.17, 15) is 4.79 Å². The van der Waals surface area contributed by atoms with Crippen molar-refractivity contribution >= 4 is 29.0 Å². The predicted octanol–water partition coefficient (Wildman–Crippen LogP) is 2.45. The van der Waals surface area contributed by atoms with E-state index in [1.165, 1.54) is 11.8 Å². The summed E-state index contributed by atoms with van der Waals surface area (Å²) in [4.78, 5) is 23.2. The molecule has 124 valence electrons. The van der Waals surface area contributed by atoms with E-state index in [1.54, 1.807) is 6.20 Å². The van der Waals surface area contributed by atoms with Crippen molar-refractivity contribution in [2.45, 2.75) is 11.7 Å². The number of fused-ring (bicyclic) bond motifs is 1. The molecule has 0 saturated heterocycles. The number of pyridine rings is 2. The van der Waals surface area contributed by atoms with Crippen molar-refractivity contribution in [3.05, 3.63) is 54.0 Å². The van der Waals surface area contributed by atoms with Gasteiger partial charge in [-0.05, 0) is 36.1 Å². The van der Waals surface area contributed by atoms with Gasteiger partial charge in [0.15, 0.2) is 10.9 Å². The number of nitrogens with zero attached hydrogens (tertiary/aromatic N) is 4. The molecule has 0 aliphatic carbocycles. The number of carbonyl (C=O) groups excluding carboxylic acids is 1. The topological polar surface area (TPSA) is 62.5 Å². The molecule has 0 aromatic carbocycles. The molecular formula is C17H19N5OS. The molecule has 3 heterocycles. The fraction of sp³-hybridized carbons (Fsp3) is 0.235. The Hall–Kier alpha value is -2.54. The molecule has 0 unspecified atom stereocenters. The maximum absolute atomic E-state index is 12.6. The van der Waals surface area contributed by atoms with E-state index in [-0.39, 0.29) is 5.91 Å². The number of nitrogens with one attached hydrogen (secondary N) is 1. The molecule has 0 spiro atoms. The van der Waals surface area contributed by atoms with Crippen LogP contribution < -0.4 is 10.2 Å². The van der Waals surface area contributed by atoms with Gasteiger partial charge in [0.2, 0.25) is 0 Å². The van der Waals surface area contributed by atoms with E-state index in [1.807, 2.05) is 66.2 Å². The Morgan fingerprint density at radius 3 is 2.92 bits per heavy atom. The van der Waals surface area contributed by atoms with Crippen LogP contribution in [0.15, 0.2) is 47.9 Å². The second-order valence-corrected chi connectivity index (χ2v) is 6.28. The Morgan fingerprint density at radius 2 is 2.17 bits per heavy atom. The lowest BCUT2D eigenvalue weighted by Crippen LogP contribution is -2.23. The lowest BCUT2D eigenvalue weighted by atomic mass is 10.2. The standard InChI is InChI=1S/C17H19N5OS/c1-21(2)14-10-12(7-8-18-14)11-19-16(23)15-13-6-4-5-9-22(13)17(20-15)24-3/h4-10H,11H2,1-3H3,(H,19,23). The molecule has 1 amide bonds. The van der Waals surface area contributed by atoms with Crippen LogP contribution in [0, 0.1) is 0 Å². The number of carbonyl (C=O) groups is 1. The summed E-state index contributed by atoms with van der Waals surface area (Å²) in [5, 5.41) is 3.74. The van der Waals surface area contributed by atoms with Crippen LogP contribution in [0.1, 0.15) is 16.1 Å². The summed E-state index contributed by atoms with van der Waals surface area (Å²) in [6.45, 7) is 0.433. The van der Waals surface area contributed by atoms with E-state index < -0.39 is 0 Å². The van der Waals surface area contributed by atoms with E-state index in [4.69, 9.17) is 0 Å². The number of aromatic nitrogens is 3. The van der Waals surface area contributed by atoms with Crippen molar-refractivity contribution in [2.24, 2.45) is 0 Å². The molecule has 3 aromatic heterocycles. The fourth-order valence-electron chi connectivity index (χ4n) is 2.40. The van der Waals surface area contributed by atoms with Crippen molar-refractivity contribution in [1.29, 1.82) is 0 Å². The maximum atomic E-state index is 12.6. The quantitative estimate of drug-likeness (QED) is 0.722. The summed E-state index contributed by atoms with van der Waals surface area (Å²) >= 11 is 1.51. The minimum absolute atomic E-state index is 0.179. The van der Waals surface area contributed by atoms with Gasteiger partial charge in [-0.3, -0.25) is 9.20 Å². The Bertz CT molecular complexity index is 874. The van der Waals surface area contributed by atoms with Crippen LogP contribution in [0.25, 0.3) is 5.52 Å². The van der Waals surface area contributed by atoms with Gasteiger partial charge in [0.25, 0.3) is 5.91 Å². The minimum atomic E-state index is -0.179. The lowest BCUT2D eigenvalue weighted by molar-refractivity contribution is 0.0947. The molecule has 0 radical (unpaired) electrons. The number of amides is 1. The largest absolute Gasteiger partial charge is 0.363 e. The number of hydrogen-bond acceptors (Lipinski definition) is 5. The van der Waals surface area contributed by atoms with Gasteiger partial charge in [-0.2, -0.15) is 0 Å². The van der Waals surface area contributed by atoms with E-state index >= 15 is 0 Å². The molecule has 0 saturated carbocycles. The van der Waals surface area contributed by atoms with Crippen LogP contribution >= 0.6 is 11.8 Å². The molecule has 7 heteroatoms. The highest BCUT2D eigenvalue weighted by atomic mass is 32.2. The van der Waals surface area contributed by atoms with Gasteiger partial charge < -0.3 is 10.2 Å². The summed E-state index contributed by atoms with van der Waals surface area (Å²) < 4.78 is 1.93. The van der Waals surface area contributed by atoms with Crippen molar-refractivity contribution in [3.8, 4) is 0 Å². The fourth-order valence-corrected chi connectivity index (χ4v) is 2.94. The van der Waals surface area contributed by atoms with Crippen LogP contribution in [-0.2, 0) is 6.54 Å². The third-order valence-corrected chi connectivity index (χ3v) is 4.29. The van der Waals surface area contributed by atoms with Crippen LogP contribution in [0.3, 0.4) is 0 Å². The second-order valence-electron chi connectivity index (χ2n) is 5.50. The SMILES string of the molecule is CSc1nc(C(=O)NCc2ccnc(N(C)C)c2)c2ccccn12. The zero-order valence-electron chi connectivity index (χ0n) is 13.9. The Morgan fingerprint density at radius 1 is 1.33 bits per heavy atom. The van der Waals surface area contributed by atoms with Crippen molar-refractivity contribution < 1.29 is 4.79 Å². The smallest absolute Gasteiger partial charge is 0.272 e. The van der Waals surface area contributed by atoms with Crippen LogP contribution in [0.5, 0.6) is 0 Å². The number of rotatable bonds is 5.